The summed E-state index contributed by atoms with van der Waals surface area (Å²) in [4.78, 5) is 0. The molecule has 0 amide bonds. The summed E-state index contributed by atoms with van der Waals surface area (Å²) in [6, 6.07) is 12.1. The number of hydrogen-bond donors (Lipinski definition) is 0. The maximum atomic E-state index is 15.4. The molecule has 0 spiro atoms. The number of rotatable bonds is 11. The smallest absolute Gasteiger partial charge is 0.127 e. The third kappa shape index (κ3) is 7.91. The molecule has 0 radical (unpaired) electrons. The molecular formula is C39H54F2. The second-order valence-corrected chi connectivity index (χ2v) is 13.8. The van der Waals surface area contributed by atoms with Crippen LogP contribution in [0.25, 0.3) is 5.57 Å². The van der Waals surface area contributed by atoms with Crippen LogP contribution in [0.5, 0.6) is 0 Å². The van der Waals surface area contributed by atoms with Crippen molar-refractivity contribution in [2.75, 3.05) is 0 Å². The fourth-order valence-corrected chi connectivity index (χ4v) is 8.29. The first kappa shape index (κ1) is 30.5. The zero-order valence-corrected chi connectivity index (χ0v) is 25.9. The van der Waals surface area contributed by atoms with Crippen molar-refractivity contribution in [2.24, 2.45) is 11.8 Å². The number of benzene rings is 2. The Labute approximate surface area is 249 Å². The lowest BCUT2D eigenvalue weighted by Crippen LogP contribution is -2.14. The summed E-state index contributed by atoms with van der Waals surface area (Å²) in [6.45, 7) is 4.54. The first-order valence-electron chi connectivity index (χ1n) is 17.3. The summed E-state index contributed by atoms with van der Waals surface area (Å²) in [7, 11) is 0. The van der Waals surface area contributed by atoms with E-state index in [-0.39, 0.29) is 17.6 Å². The first-order chi connectivity index (χ1) is 20.1. The average molecular weight is 561 g/mol. The van der Waals surface area contributed by atoms with Gasteiger partial charge in [-0.2, -0.15) is 0 Å². The van der Waals surface area contributed by atoms with Gasteiger partial charge in [0.25, 0.3) is 0 Å². The van der Waals surface area contributed by atoms with Crippen molar-refractivity contribution in [3.8, 4) is 0 Å². The molecule has 5 rings (SSSR count). The van der Waals surface area contributed by atoms with Crippen LogP contribution in [0.2, 0.25) is 0 Å². The third-order valence-corrected chi connectivity index (χ3v) is 11.0. The Kier molecular flexibility index (Phi) is 11.1. The molecule has 0 bridgehead atoms. The normalized spacial score (nSPS) is 27.0. The van der Waals surface area contributed by atoms with Crippen LogP contribution in [-0.2, 0) is 0 Å². The minimum absolute atomic E-state index is 0.0192. The van der Waals surface area contributed by atoms with E-state index in [4.69, 9.17) is 0 Å². The van der Waals surface area contributed by atoms with Gasteiger partial charge < -0.3 is 0 Å². The summed E-state index contributed by atoms with van der Waals surface area (Å²) in [6.07, 6.45) is 24.0. The molecule has 1 atom stereocenters. The largest absolute Gasteiger partial charge is 0.207 e. The number of hydrogen-bond acceptors (Lipinski definition) is 0. The highest BCUT2D eigenvalue weighted by atomic mass is 19.1. The average Bonchev–Trinajstić information content (AvgIpc) is 3.01. The molecule has 0 nitrogen and oxygen atoms in total. The Morgan fingerprint density at radius 2 is 1.22 bits per heavy atom. The van der Waals surface area contributed by atoms with Crippen molar-refractivity contribution < 1.29 is 8.78 Å². The van der Waals surface area contributed by atoms with E-state index in [1.165, 1.54) is 94.6 Å². The SMILES string of the molecule is CCCCCC1CCC(c2ccc(C3CC=C(c4ccc(C5CCC(CCCC)CC5)c(F)c4)CC3)c(F)c2)CC1. The molecule has 0 saturated heterocycles. The molecule has 1 unspecified atom stereocenters. The van der Waals surface area contributed by atoms with Gasteiger partial charge in [-0.3, -0.25) is 0 Å². The standard InChI is InChI=1S/C39H54F2/c1-3-5-7-9-29-10-14-30(15-11-29)34-22-25-37(39(41)26-34)33-20-18-31(19-21-33)35-23-24-36(38(40)27-35)32-16-12-28(13-17-32)8-6-4-2/h18,22-30,32-33H,3-17,19-21H2,1-2H3. The Hall–Kier alpha value is -1.96. The van der Waals surface area contributed by atoms with Gasteiger partial charge >= 0.3 is 0 Å². The van der Waals surface area contributed by atoms with Crippen molar-refractivity contribution >= 4 is 5.57 Å². The fraction of sp³-hybridized carbons (Fsp3) is 0.641. The molecule has 3 aliphatic rings. The van der Waals surface area contributed by atoms with Gasteiger partial charge in [0, 0.05) is 0 Å². The van der Waals surface area contributed by atoms with E-state index in [9.17, 15) is 0 Å². The van der Waals surface area contributed by atoms with Crippen molar-refractivity contribution in [1.82, 2.24) is 0 Å². The van der Waals surface area contributed by atoms with Crippen molar-refractivity contribution in [3.63, 3.8) is 0 Å². The van der Waals surface area contributed by atoms with E-state index in [1.54, 1.807) is 6.07 Å². The molecule has 0 N–H and O–H groups in total. The molecular weight excluding hydrogens is 506 g/mol. The van der Waals surface area contributed by atoms with Crippen LogP contribution in [0.3, 0.4) is 0 Å². The van der Waals surface area contributed by atoms with Crippen LogP contribution >= 0.6 is 0 Å². The Morgan fingerprint density at radius 3 is 1.83 bits per heavy atom. The predicted molar refractivity (Wildman–Crippen MR) is 170 cm³/mol. The molecule has 2 saturated carbocycles. The summed E-state index contributed by atoms with van der Waals surface area (Å²) in [5.74, 6) is 2.79. The van der Waals surface area contributed by atoms with Crippen LogP contribution in [0.4, 0.5) is 8.78 Å². The monoisotopic (exact) mass is 560 g/mol. The van der Waals surface area contributed by atoms with Crippen LogP contribution in [0.1, 0.15) is 169 Å². The highest BCUT2D eigenvalue weighted by Crippen LogP contribution is 2.42. The van der Waals surface area contributed by atoms with E-state index in [0.717, 1.165) is 60.6 Å². The zero-order valence-electron chi connectivity index (χ0n) is 25.9. The molecule has 2 aromatic rings. The maximum absolute atomic E-state index is 15.4. The first-order valence-corrected chi connectivity index (χ1v) is 17.3. The van der Waals surface area contributed by atoms with Gasteiger partial charge in [0.05, 0.1) is 0 Å². The molecule has 0 aromatic heterocycles. The van der Waals surface area contributed by atoms with Crippen LogP contribution < -0.4 is 0 Å². The number of unbranched alkanes of at least 4 members (excludes halogenated alkanes) is 3. The lowest BCUT2D eigenvalue weighted by Gasteiger charge is -2.30. The van der Waals surface area contributed by atoms with E-state index in [1.807, 2.05) is 6.07 Å². The Balaban J connectivity index is 1.15. The Morgan fingerprint density at radius 1 is 0.610 bits per heavy atom. The molecule has 224 valence electrons. The van der Waals surface area contributed by atoms with Gasteiger partial charge in [0.15, 0.2) is 0 Å². The summed E-state index contributed by atoms with van der Waals surface area (Å²) >= 11 is 0. The van der Waals surface area contributed by atoms with Crippen molar-refractivity contribution in [3.05, 3.63) is 76.4 Å². The maximum Gasteiger partial charge on any atom is 0.127 e. The third-order valence-electron chi connectivity index (χ3n) is 11.0. The highest BCUT2D eigenvalue weighted by Gasteiger charge is 2.27. The predicted octanol–water partition coefficient (Wildman–Crippen LogP) is 12.6. The lowest BCUT2D eigenvalue weighted by molar-refractivity contribution is 0.301. The van der Waals surface area contributed by atoms with Crippen molar-refractivity contribution in [2.45, 2.75) is 147 Å². The second-order valence-electron chi connectivity index (χ2n) is 13.8. The van der Waals surface area contributed by atoms with Crippen molar-refractivity contribution in [1.29, 1.82) is 0 Å². The number of halogens is 2. The van der Waals surface area contributed by atoms with Gasteiger partial charge in [-0.1, -0.05) is 89.1 Å². The quantitative estimate of drug-likeness (QED) is 0.240. The molecule has 2 aromatic carbocycles. The minimum atomic E-state index is -0.0286. The van der Waals surface area contributed by atoms with Gasteiger partial charge in [-0.15, -0.1) is 0 Å². The fourth-order valence-electron chi connectivity index (χ4n) is 8.29. The number of allylic oxidation sites excluding steroid dienone is 2. The topological polar surface area (TPSA) is 0 Å². The van der Waals surface area contributed by atoms with Crippen LogP contribution in [0, 0.1) is 23.5 Å². The molecule has 41 heavy (non-hydrogen) atoms. The molecule has 0 aliphatic heterocycles. The summed E-state index contributed by atoms with van der Waals surface area (Å²) in [5, 5.41) is 0. The second kappa shape index (κ2) is 15.0. The van der Waals surface area contributed by atoms with Crippen LogP contribution in [0.15, 0.2) is 42.5 Å². The molecule has 2 heteroatoms. The van der Waals surface area contributed by atoms with E-state index in [2.05, 4.69) is 44.2 Å². The van der Waals surface area contributed by atoms with Gasteiger partial charge in [0.2, 0.25) is 0 Å². The minimum Gasteiger partial charge on any atom is -0.207 e. The summed E-state index contributed by atoms with van der Waals surface area (Å²) in [5.41, 5.74) is 5.23. The van der Waals surface area contributed by atoms with Crippen LogP contribution in [-0.4, -0.2) is 0 Å². The van der Waals surface area contributed by atoms with Gasteiger partial charge in [-0.25, -0.2) is 8.78 Å². The van der Waals surface area contributed by atoms with E-state index in [0.29, 0.717) is 11.8 Å². The zero-order chi connectivity index (χ0) is 28.6. The van der Waals surface area contributed by atoms with E-state index < -0.39 is 0 Å². The van der Waals surface area contributed by atoms with Gasteiger partial charge in [-0.05, 0) is 140 Å². The Bertz CT molecular complexity index is 1130. The highest BCUT2D eigenvalue weighted by molar-refractivity contribution is 5.67. The molecule has 2 fully saturated rings. The molecule has 0 heterocycles. The molecule has 3 aliphatic carbocycles. The van der Waals surface area contributed by atoms with E-state index >= 15 is 8.78 Å². The van der Waals surface area contributed by atoms with Gasteiger partial charge in [0.1, 0.15) is 11.6 Å². The summed E-state index contributed by atoms with van der Waals surface area (Å²) < 4.78 is 30.7. The lowest BCUT2D eigenvalue weighted by atomic mass is 9.76.